The molecule has 7 heteroatoms. The third-order valence-electron chi connectivity index (χ3n) is 4.35. The van der Waals surface area contributed by atoms with Gasteiger partial charge >= 0.3 is 0 Å². The van der Waals surface area contributed by atoms with E-state index in [0.717, 1.165) is 31.9 Å². The molecule has 0 radical (unpaired) electrons. The lowest BCUT2D eigenvalue weighted by Crippen LogP contribution is -2.49. The van der Waals surface area contributed by atoms with E-state index in [0.29, 0.717) is 18.0 Å². The molecule has 21 heavy (non-hydrogen) atoms. The molecule has 3 rings (SSSR count). The van der Waals surface area contributed by atoms with Gasteiger partial charge in [0.25, 0.3) is 6.43 Å². The number of ether oxygens (including phenoxy) is 1. The molecule has 1 aliphatic carbocycles. The second-order valence-corrected chi connectivity index (χ2v) is 5.82. The molecular formula is C14H22F2N4O. The van der Waals surface area contributed by atoms with Crippen LogP contribution in [-0.4, -0.2) is 48.0 Å². The third-order valence-corrected chi connectivity index (χ3v) is 4.35. The molecule has 3 unspecified atom stereocenters. The van der Waals surface area contributed by atoms with Crippen LogP contribution in [0, 0.1) is 5.92 Å². The lowest BCUT2D eigenvalue weighted by Gasteiger charge is -2.33. The Bertz CT molecular complexity index is 448. The number of anilines is 1. The Hall–Kier alpha value is -1.21. The van der Waals surface area contributed by atoms with Crippen molar-refractivity contribution in [3.05, 3.63) is 12.4 Å². The molecule has 1 saturated heterocycles. The number of aromatic nitrogens is 2. The molecule has 0 aromatic carbocycles. The zero-order valence-electron chi connectivity index (χ0n) is 12.0. The van der Waals surface area contributed by atoms with Crippen molar-refractivity contribution in [3.8, 4) is 0 Å². The van der Waals surface area contributed by atoms with Crippen LogP contribution in [0.2, 0.25) is 0 Å². The van der Waals surface area contributed by atoms with Gasteiger partial charge in [-0.05, 0) is 18.8 Å². The summed E-state index contributed by atoms with van der Waals surface area (Å²) < 4.78 is 31.5. The Balaban J connectivity index is 1.59. The van der Waals surface area contributed by atoms with Crippen molar-refractivity contribution in [2.24, 2.45) is 5.92 Å². The maximum Gasteiger partial charge on any atom is 0.257 e. The first-order valence-corrected chi connectivity index (χ1v) is 7.60. The predicted molar refractivity (Wildman–Crippen MR) is 75.6 cm³/mol. The smallest absolute Gasteiger partial charge is 0.257 e. The first-order valence-electron chi connectivity index (χ1n) is 7.60. The molecule has 1 saturated carbocycles. The molecule has 2 aliphatic rings. The number of rotatable bonds is 5. The summed E-state index contributed by atoms with van der Waals surface area (Å²) in [6.45, 7) is 2.09. The summed E-state index contributed by atoms with van der Waals surface area (Å²) >= 11 is 0. The van der Waals surface area contributed by atoms with Crippen LogP contribution in [0.4, 0.5) is 14.5 Å². The van der Waals surface area contributed by atoms with E-state index < -0.39 is 6.43 Å². The quantitative estimate of drug-likeness (QED) is 0.869. The Morgan fingerprint density at radius 2 is 2.38 bits per heavy atom. The minimum Gasteiger partial charge on any atom is -0.379 e. The van der Waals surface area contributed by atoms with Crippen LogP contribution in [-0.2, 0) is 11.3 Å². The summed E-state index contributed by atoms with van der Waals surface area (Å²) in [6.07, 6.45) is 4.37. The first-order chi connectivity index (χ1) is 10.2. The molecule has 3 atom stereocenters. The van der Waals surface area contributed by atoms with Crippen LogP contribution < -0.4 is 10.6 Å². The van der Waals surface area contributed by atoms with E-state index in [1.54, 1.807) is 12.4 Å². The van der Waals surface area contributed by atoms with Crippen molar-refractivity contribution >= 4 is 5.69 Å². The molecule has 2 N–H and O–H groups in total. The van der Waals surface area contributed by atoms with Crippen molar-refractivity contribution in [1.29, 1.82) is 0 Å². The molecule has 118 valence electrons. The average molecular weight is 300 g/mol. The zero-order valence-corrected chi connectivity index (χ0v) is 12.0. The van der Waals surface area contributed by atoms with Gasteiger partial charge in [0.1, 0.15) is 6.54 Å². The molecule has 1 aromatic rings. The van der Waals surface area contributed by atoms with Gasteiger partial charge in [0.05, 0.1) is 25.1 Å². The van der Waals surface area contributed by atoms with Crippen molar-refractivity contribution < 1.29 is 13.5 Å². The zero-order chi connectivity index (χ0) is 14.7. The number of nitrogens with one attached hydrogen (secondary N) is 2. The van der Waals surface area contributed by atoms with E-state index >= 15 is 0 Å². The van der Waals surface area contributed by atoms with Crippen LogP contribution in [0.25, 0.3) is 0 Å². The number of alkyl halides is 2. The van der Waals surface area contributed by atoms with E-state index in [1.807, 2.05) is 0 Å². The highest BCUT2D eigenvalue weighted by atomic mass is 19.3. The first kappa shape index (κ1) is 14.7. The summed E-state index contributed by atoms with van der Waals surface area (Å²) in [6, 6.07) is 0.739. The number of hydrogen-bond donors (Lipinski definition) is 2. The van der Waals surface area contributed by atoms with Gasteiger partial charge in [0.2, 0.25) is 0 Å². The fraction of sp³-hybridized carbons (Fsp3) is 0.786. The molecule has 5 nitrogen and oxygen atoms in total. The second-order valence-electron chi connectivity index (χ2n) is 5.82. The van der Waals surface area contributed by atoms with Crippen LogP contribution in [0.1, 0.15) is 19.3 Å². The number of halogens is 2. The lowest BCUT2D eigenvalue weighted by molar-refractivity contribution is 0.0559. The minimum absolute atomic E-state index is 0.353. The van der Waals surface area contributed by atoms with E-state index in [4.69, 9.17) is 4.74 Å². The van der Waals surface area contributed by atoms with Gasteiger partial charge in [-0.15, -0.1) is 0 Å². The van der Waals surface area contributed by atoms with Gasteiger partial charge in [-0.1, -0.05) is 6.42 Å². The molecule has 0 spiro atoms. The molecule has 1 aliphatic heterocycles. The second kappa shape index (κ2) is 6.70. The van der Waals surface area contributed by atoms with Crippen molar-refractivity contribution in [2.75, 3.05) is 25.1 Å². The Morgan fingerprint density at radius 1 is 1.48 bits per heavy atom. The van der Waals surface area contributed by atoms with Gasteiger partial charge in [-0.3, -0.25) is 4.68 Å². The van der Waals surface area contributed by atoms with Gasteiger partial charge in [-0.25, -0.2) is 8.78 Å². The van der Waals surface area contributed by atoms with E-state index in [1.165, 1.54) is 17.5 Å². The molecule has 1 aromatic heterocycles. The maximum absolute atomic E-state index is 12.3. The number of hydrogen-bond acceptors (Lipinski definition) is 4. The monoisotopic (exact) mass is 300 g/mol. The Kier molecular flexibility index (Phi) is 4.70. The van der Waals surface area contributed by atoms with Crippen LogP contribution in [0.15, 0.2) is 12.4 Å². The standard InChI is InChI=1S/C14H22F2N4O/c15-14(16)8-20-7-10(6-18-20)19-12-3-1-2-11(12)13-9-21-5-4-17-13/h6-7,11-14,17,19H,1-5,8-9H2. The fourth-order valence-electron chi connectivity index (χ4n) is 3.40. The molecule has 2 fully saturated rings. The Labute approximate surface area is 123 Å². The van der Waals surface area contributed by atoms with Crippen molar-refractivity contribution in [2.45, 2.75) is 44.3 Å². The summed E-state index contributed by atoms with van der Waals surface area (Å²) in [5.74, 6) is 0.517. The van der Waals surface area contributed by atoms with E-state index in [9.17, 15) is 8.78 Å². The molecule has 0 bridgehead atoms. The van der Waals surface area contributed by atoms with Crippen LogP contribution in [0.3, 0.4) is 0 Å². The number of morpholine rings is 1. The topological polar surface area (TPSA) is 51.1 Å². The maximum atomic E-state index is 12.3. The average Bonchev–Trinajstić information content (AvgIpc) is 3.09. The van der Waals surface area contributed by atoms with Gasteiger partial charge in [0.15, 0.2) is 0 Å². The van der Waals surface area contributed by atoms with Crippen molar-refractivity contribution in [1.82, 2.24) is 15.1 Å². The summed E-state index contributed by atoms with van der Waals surface area (Å²) in [4.78, 5) is 0. The summed E-state index contributed by atoms with van der Waals surface area (Å²) in [7, 11) is 0. The predicted octanol–water partition coefficient (Wildman–Crippen LogP) is 1.72. The van der Waals surface area contributed by atoms with Gasteiger partial charge in [0, 0.05) is 24.8 Å². The fourth-order valence-corrected chi connectivity index (χ4v) is 3.40. The van der Waals surface area contributed by atoms with Crippen LogP contribution >= 0.6 is 0 Å². The molecular weight excluding hydrogens is 278 g/mol. The van der Waals surface area contributed by atoms with Gasteiger partial charge < -0.3 is 15.4 Å². The minimum atomic E-state index is -2.37. The number of nitrogens with zero attached hydrogens (tertiary/aromatic N) is 2. The van der Waals surface area contributed by atoms with E-state index in [2.05, 4.69) is 15.7 Å². The summed E-state index contributed by atoms with van der Waals surface area (Å²) in [5.41, 5.74) is 0.823. The highest BCUT2D eigenvalue weighted by molar-refractivity contribution is 5.40. The highest BCUT2D eigenvalue weighted by Gasteiger charge is 2.34. The highest BCUT2D eigenvalue weighted by Crippen LogP contribution is 2.31. The van der Waals surface area contributed by atoms with Gasteiger partial charge in [-0.2, -0.15) is 5.10 Å². The lowest BCUT2D eigenvalue weighted by atomic mass is 9.94. The normalized spacial score (nSPS) is 30.0. The molecule has 2 heterocycles. The largest absolute Gasteiger partial charge is 0.379 e. The Morgan fingerprint density at radius 3 is 3.14 bits per heavy atom. The SMILES string of the molecule is FC(F)Cn1cc(NC2CCCC2C2COCCN2)cn1. The van der Waals surface area contributed by atoms with Crippen LogP contribution in [0.5, 0.6) is 0 Å². The molecule has 0 amide bonds. The van der Waals surface area contributed by atoms with Crippen molar-refractivity contribution in [3.63, 3.8) is 0 Å². The van der Waals surface area contributed by atoms with E-state index in [-0.39, 0.29) is 6.54 Å². The summed E-state index contributed by atoms with van der Waals surface area (Å²) in [5, 5.41) is 11.0. The third kappa shape index (κ3) is 3.71.